The average Bonchev–Trinajstić information content (AvgIpc) is 2.38. The molecule has 0 unspecified atom stereocenters. The Labute approximate surface area is 117 Å². The van der Waals surface area contributed by atoms with Crippen molar-refractivity contribution in [2.75, 3.05) is 6.61 Å². The second-order valence-corrected chi connectivity index (χ2v) is 4.01. The highest BCUT2D eigenvalue weighted by Gasteiger charge is 2.12. The van der Waals surface area contributed by atoms with Gasteiger partial charge >= 0.3 is 5.97 Å². The minimum Gasteiger partial charge on any atom is -0.462 e. The molecule has 7 heteroatoms. The van der Waals surface area contributed by atoms with Gasteiger partial charge in [-0.2, -0.15) is 4.99 Å². The van der Waals surface area contributed by atoms with Gasteiger partial charge in [0.15, 0.2) is 5.96 Å². The van der Waals surface area contributed by atoms with Gasteiger partial charge in [0.25, 0.3) is 0 Å². The molecule has 108 valence electrons. The zero-order valence-electron chi connectivity index (χ0n) is 11.4. The molecule has 1 rings (SSSR count). The van der Waals surface area contributed by atoms with E-state index in [0.717, 1.165) is 12.8 Å². The van der Waals surface area contributed by atoms with Gasteiger partial charge in [-0.15, -0.1) is 0 Å². The standard InChI is InChI=1S/C13H19N5O2/c1-2-3-8-20-11(19)9-6-4-5-7-10(9)17-13(16)18-12(14)15/h4-7H,2-3,8H2,1H3,(H6,14,15,16,17,18). The molecule has 0 saturated heterocycles. The van der Waals surface area contributed by atoms with Crippen molar-refractivity contribution in [1.29, 1.82) is 0 Å². The van der Waals surface area contributed by atoms with Crippen LogP contribution in [0, 0.1) is 0 Å². The molecule has 0 bridgehead atoms. The third-order valence-corrected chi connectivity index (χ3v) is 2.33. The van der Waals surface area contributed by atoms with Crippen LogP contribution >= 0.6 is 0 Å². The SMILES string of the molecule is CCCCOC(=O)c1ccccc1N=C(N)N=C(N)N. The summed E-state index contributed by atoms with van der Waals surface area (Å²) in [5.74, 6) is -0.775. The van der Waals surface area contributed by atoms with Gasteiger partial charge < -0.3 is 21.9 Å². The lowest BCUT2D eigenvalue weighted by Gasteiger charge is -2.06. The van der Waals surface area contributed by atoms with Crippen LogP contribution in [-0.2, 0) is 4.74 Å². The van der Waals surface area contributed by atoms with Gasteiger partial charge in [0.05, 0.1) is 17.9 Å². The van der Waals surface area contributed by atoms with E-state index in [0.29, 0.717) is 17.9 Å². The molecule has 0 aromatic heterocycles. The first kappa shape index (κ1) is 15.5. The van der Waals surface area contributed by atoms with Crippen molar-refractivity contribution in [2.24, 2.45) is 27.2 Å². The molecule has 7 nitrogen and oxygen atoms in total. The Morgan fingerprint density at radius 3 is 2.60 bits per heavy atom. The predicted molar refractivity (Wildman–Crippen MR) is 78.7 cm³/mol. The largest absolute Gasteiger partial charge is 0.462 e. The van der Waals surface area contributed by atoms with Gasteiger partial charge in [0.1, 0.15) is 0 Å². The Balaban J connectivity index is 2.93. The number of nitrogens with two attached hydrogens (primary N) is 3. The zero-order chi connectivity index (χ0) is 15.0. The summed E-state index contributed by atoms with van der Waals surface area (Å²) in [4.78, 5) is 19.5. The molecule has 0 aliphatic carbocycles. The van der Waals surface area contributed by atoms with E-state index in [1.807, 2.05) is 6.92 Å². The second-order valence-electron chi connectivity index (χ2n) is 4.01. The summed E-state index contributed by atoms with van der Waals surface area (Å²) in [6.07, 6.45) is 1.76. The summed E-state index contributed by atoms with van der Waals surface area (Å²) in [7, 11) is 0. The van der Waals surface area contributed by atoms with Crippen LogP contribution in [0.3, 0.4) is 0 Å². The molecule has 0 fully saturated rings. The van der Waals surface area contributed by atoms with E-state index in [1.165, 1.54) is 0 Å². The minimum absolute atomic E-state index is 0.126. The van der Waals surface area contributed by atoms with Crippen LogP contribution in [0.1, 0.15) is 30.1 Å². The number of carbonyl (C=O) groups is 1. The first-order chi connectivity index (χ1) is 9.54. The number of hydrogen-bond acceptors (Lipinski definition) is 3. The molecule has 0 atom stereocenters. The molecule has 20 heavy (non-hydrogen) atoms. The number of esters is 1. The van der Waals surface area contributed by atoms with Gasteiger partial charge in [-0.3, -0.25) is 0 Å². The monoisotopic (exact) mass is 277 g/mol. The van der Waals surface area contributed by atoms with Crippen molar-refractivity contribution in [3.63, 3.8) is 0 Å². The minimum atomic E-state index is -0.449. The number of guanidine groups is 2. The maximum Gasteiger partial charge on any atom is 0.340 e. The van der Waals surface area contributed by atoms with Crippen molar-refractivity contribution in [3.05, 3.63) is 29.8 Å². The van der Waals surface area contributed by atoms with Crippen molar-refractivity contribution in [1.82, 2.24) is 0 Å². The predicted octanol–water partition coefficient (Wildman–Crippen LogP) is 0.863. The number of rotatable bonds is 5. The molecule has 0 amide bonds. The van der Waals surface area contributed by atoms with E-state index < -0.39 is 5.97 Å². The highest BCUT2D eigenvalue weighted by atomic mass is 16.5. The Bertz CT molecular complexity index is 521. The molecule has 0 spiro atoms. The van der Waals surface area contributed by atoms with Gasteiger partial charge in [-0.1, -0.05) is 25.5 Å². The average molecular weight is 277 g/mol. The summed E-state index contributed by atoms with van der Waals surface area (Å²) in [5, 5.41) is 0. The zero-order valence-corrected chi connectivity index (χ0v) is 11.4. The first-order valence-corrected chi connectivity index (χ1v) is 6.24. The number of aliphatic imine (C=N–C) groups is 2. The van der Waals surface area contributed by atoms with Crippen LogP contribution in [0.4, 0.5) is 5.69 Å². The van der Waals surface area contributed by atoms with Crippen molar-refractivity contribution >= 4 is 23.6 Å². The number of hydrogen-bond donors (Lipinski definition) is 3. The smallest absolute Gasteiger partial charge is 0.340 e. The van der Waals surface area contributed by atoms with Gasteiger partial charge in [0, 0.05) is 0 Å². The summed E-state index contributed by atoms with van der Waals surface area (Å²) in [5.41, 5.74) is 16.6. The van der Waals surface area contributed by atoms with E-state index in [1.54, 1.807) is 24.3 Å². The maximum absolute atomic E-state index is 11.9. The molecule has 0 saturated carbocycles. The van der Waals surface area contributed by atoms with Crippen LogP contribution in [0.5, 0.6) is 0 Å². The fourth-order valence-electron chi connectivity index (χ4n) is 1.41. The molecule has 0 heterocycles. The second kappa shape index (κ2) is 7.78. The van der Waals surface area contributed by atoms with E-state index in [-0.39, 0.29) is 11.9 Å². The summed E-state index contributed by atoms with van der Waals surface area (Å²) in [6.45, 7) is 2.39. The Hall–Kier alpha value is -2.57. The number of benzene rings is 1. The van der Waals surface area contributed by atoms with E-state index in [9.17, 15) is 4.79 Å². The molecule has 0 aliphatic heterocycles. The number of nitrogens with zero attached hydrogens (tertiary/aromatic N) is 2. The Kier molecular flexibility index (Phi) is 6.02. The summed E-state index contributed by atoms with van der Waals surface area (Å²) in [6, 6.07) is 6.68. The van der Waals surface area contributed by atoms with Crippen LogP contribution in [-0.4, -0.2) is 24.5 Å². The quantitative estimate of drug-likeness (QED) is 0.318. The molecular weight excluding hydrogens is 258 g/mol. The normalized spacial score (nSPS) is 10.9. The number of para-hydroxylation sites is 1. The first-order valence-electron chi connectivity index (χ1n) is 6.24. The fourth-order valence-corrected chi connectivity index (χ4v) is 1.41. The van der Waals surface area contributed by atoms with E-state index in [4.69, 9.17) is 21.9 Å². The van der Waals surface area contributed by atoms with Crippen LogP contribution in [0.2, 0.25) is 0 Å². The molecule has 1 aromatic rings. The van der Waals surface area contributed by atoms with Crippen molar-refractivity contribution in [2.45, 2.75) is 19.8 Å². The Morgan fingerprint density at radius 2 is 1.95 bits per heavy atom. The lowest BCUT2D eigenvalue weighted by molar-refractivity contribution is 0.0501. The molecule has 6 N–H and O–H groups in total. The Morgan fingerprint density at radius 1 is 1.25 bits per heavy atom. The van der Waals surface area contributed by atoms with Crippen molar-refractivity contribution in [3.8, 4) is 0 Å². The molecule has 0 radical (unpaired) electrons. The van der Waals surface area contributed by atoms with Crippen LogP contribution in [0.25, 0.3) is 0 Å². The lowest BCUT2D eigenvalue weighted by atomic mass is 10.2. The fraction of sp³-hybridized carbons (Fsp3) is 0.308. The van der Waals surface area contributed by atoms with Gasteiger partial charge in [-0.05, 0) is 18.6 Å². The topological polar surface area (TPSA) is 129 Å². The molecule has 1 aromatic carbocycles. The van der Waals surface area contributed by atoms with Gasteiger partial charge in [0.2, 0.25) is 5.96 Å². The van der Waals surface area contributed by atoms with Crippen LogP contribution in [0.15, 0.2) is 34.3 Å². The lowest BCUT2D eigenvalue weighted by Crippen LogP contribution is -2.26. The molecule has 0 aliphatic rings. The van der Waals surface area contributed by atoms with E-state index in [2.05, 4.69) is 9.98 Å². The van der Waals surface area contributed by atoms with Crippen LogP contribution < -0.4 is 17.2 Å². The number of ether oxygens (including phenoxy) is 1. The summed E-state index contributed by atoms with van der Waals surface area (Å²) >= 11 is 0. The maximum atomic E-state index is 11.9. The number of carbonyl (C=O) groups excluding carboxylic acids is 1. The summed E-state index contributed by atoms with van der Waals surface area (Å²) < 4.78 is 5.14. The van der Waals surface area contributed by atoms with Crippen molar-refractivity contribution < 1.29 is 9.53 Å². The highest BCUT2D eigenvalue weighted by molar-refractivity contribution is 5.98. The highest BCUT2D eigenvalue weighted by Crippen LogP contribution is 2.19. The van der Waals surface area contributed by atoms with Gasteiger partial charge in [-0.25, -0.2) is 9.79 Å². The molecular formula is C13H19N5O2. The third-order valence-electron chi connectivity index (χ3n) is 2.33. The number of unbranched alkanes of at least 4 members (excludes halogenated alkanes) is 1. The third kappa shape index (κ3) is 4.97. The van der Waals surface area contributed by atoms with E-state index >= 15 is 0 Å².